The topological polar surface area (TPSA) is 93.4 Å². The van der Waals surface area contributed by atoms with Gasteiger partial charge in [-0.25, -0.2) is 4.79 Å². The van der Waals surface area contributed by atoms with Gasteiger partial charge in [-0.15, -0.1) is 0 Å². The highest BCUT2D eigenvalue weighted by molar-refractivity contribution is 6.31. The summed E-state index contributed by atoms with van der Waals surface area (Å²) in [6.07, 6.45) is 0.570. The highest BCUT2D eigenvalue weighted by atomic mass is 35.5. The third-order valence-corrected chi connectivity index (χ3v) is 4.39. The molecular weight excluding hydrogens is 366 g/mol. The molecule has 1 unspecified atom stereocenters. The van der Waals surface area contributed by atoms with E-state index < -0.39 is 12.1 Å². The van der Waals surface area contributed by atoms with Crippen LogP contribution in [-0.4, -0.2) is 24.6 Å². The van der Waals surface area contributed by atoms with Gasteiger partial charge in [0.05, 0.1) is 12.6 Å². The minimum Gasteiger partial charge on any atom is -0.449 e. The molecule has 2 rings (SSSR count). The predicted molar refractivity (Wildman–Crippen MR) is 107 cm³/mol. The van der Waals surface area contributed by atoms with E-state index in [2.05, 4.69) is 17.6 Å². The Morgan fingerprint density at radius 3 is 2.52 bits per heavy atom. The smallest absolute Gasteiger partial charge is 0.411 e. The number of hydrogen-bond acceptors (Lipinski definition) is 4. The van der Waals surface area contributed by atoms with Crippen molar-refractivity contribution in [3.8, 4) is 0 Å². The van der Waals surface area contributed by atoms with Gasteiger partial charge in [0.2, 0.25) is 5.91 Å². The second kappa shape index (κ2) is 10.5. The Bertz CT molecular complexity index is 765. The number of nitrogens with two attached hydrogens (primary N) is 1. The van der Waals surface area contributed by atoms with Crippen molar-refractivity contribution in [3.05, 3.63) is 64.7 Å². The molecule has 0 aromatic heterocycles. The zero-order chi connectivity index (χ0) is 19.6. The Morgan fingerprint density at radius 2 is 1.85 bits per heavy atom. The zero-order valence-corrected chi connectivity index (χ0v) is 16.0. The van der Waals surface area contributed by atoms with E-state index in [0.29, 0.717) is 17.3 Å². The maximum Gasteiger partial charge on any atom is 0.411 e. The molecule has 0 aliphatic rings. The fourth-order valence-corrected chi connectivity index (χ4v) is 2.55. The third-order valence-electron chi connectivity index (χ3n) is 4.02. The summed E-state index contributed by atoms with van der Waals surface area (Å²) >= 11 is 6.04. The largest absolute Gasteiger partial charge is 0.449 e. The van der Waals surface area contributed by atoms with Gasteiger partial charge in [-0.05, 0) is 35.7 Å². The average molecular weight is 390 g/mol. The summed E-state index contributed by atoms with van der Waals surface area (Å²) in [5.74, 6) is -0.325. The molecule has 2 aromatic carbocycles. The lowest BCUT2D eigenvalue weighted by Crippen LogP contribution is -2.41. The summed E-state index contributed by atoms with van der Waals surface area (Å²) in [6.45, 7) is 2.39. The molecule has 0 spiro atoms. The number of nitrogens with one attached hydrogen (secondary N) is 2. The van der Waals surface area contributed by atoms with Crippen molar-refractivity contribution < 1.29 is 14.3 Å². The molecule has 4 N–H and O–H groups in total. The van der Waals surface area contributed by atoms with E-state index in [9.17, 15) is 9.59 Å². The minimum atomic E-state index is -0.774. The number of aryl methyl sites for hydroxylation is 1. The minimum absolute atomic E-state index is 0.0412. The summed E-state index contributed by atoms with van der Waals surface area (Å²) in [5, 5.41) is 5.94. The Hall–Kier alpha value is -2.57. The second-order valence-corrected chi connectivity index (χ2v) is 6.42. The van der Waals surface area contributed by atoms with E-state index in [1.54, 1.807) is 6.07 Å². The molecule has 0 aliphatic heterocycles. The molecule has 0 saturated heterocycles. The molecule has 6 nitrogen and oxygen atoms in total. The highest BCUT2D eigenvalue weighted by Crippen LogP contribution is 2.14. The molecule has 0 bridgehead atoms. The quantitative estimate of drug-likeness (QED) is 0.644. The van der Waals surface area contributed by atoms with Crippen molar-refractivity contribution in [2.75, 3.05) is 11.9 Å². The first-order chi connectivity index (χ1) is 13.0. The van der Waals surface area contributed by atoms with Crippen LogP contribution in [-0.2, 0) is 22.5 Å². The van der Waals surface area contributed by atoms with Gasteiger partial charge in [0.15, 0.2) is 0 Å². The molecule has 144 valence electrons. The van der Waals surface area contributed by atoms with Gasteiger partial charge >= 0.3 is 6.09 Å². The van der Waals surface area contributed by atoms with Crippen molar-refractivity contribution in [2.24, 2.45) is 5.73 Å². The molecule has 0 saturated carbocycles. The maximum absolute atomic E-state index is 12.0. The lowest BCUT2D eigenvalue weighted by Gasteiger charge is -2.13. The normalized spacial score (nSPS) is 11.5. The van der Waals surface area contributed by atoms with Gasteiger partial charge < -0.3 is 15.8 Å². The first-order valence-electron chi connectivity index (χ1n) is 8.79. The van der Waals surface area contributed by atoms with Crippen molar-refractivity contribution in [1.82, 2.24) is 5.32 Å². The lowest BCUT2D eigenvalue weighted by atomic mass is 10.1. The fourth-order valence-electron chi connectivity index (χ4n) is 2.34. The van der Waals surface area contributed by atoms with Crippen LogP contribution in [0.5, 0.6) is 0 Å². The van der Waals surface area contributed by atoms with Crippen molar-refractivity contribution in [2.45, 2.75) is 32.4 Å². The molecule has 2 aromatic rings. The second-order valence-electron chi connectivity index (χ2n) is 6.02. The van der Waals surface area contributed by atoms with E-state index >= 15 is 0 Å². The Kier molecular flexibility index (Phi) is 8.10. The lowest BCUT2D eigenvalue weighted by molar-refractivity contribution is -0.122. The van der Waals surface area contributed by atoms with Gasteiger partial charge in [0.1, 0.15) is 0 Å². The molecule has 0 heterocycles. The summed E-state index contributed by atoms with van der Waals surface area (Å²) in [6, 6.07) is 14.0. The summed E-state index contributed by atoms with van der Waals surface area (Å²) in [7, 11) is 0. The molecule has 2 amide bonds. The Balaban J connectivity index is 1.68. The number of amides is 2. The number of ether oxygens (including phenoxy) is 1. The van der Waals surface area contributed by atoms with Crippen molar-refractivity contribution in [3.63, 3.8) is 0 Å². The van der Waals surface area contributed by atoms with Gasteiger partial charge in [-0.3, -0.25) is 10.1 Å². The molecule has 1 atom stereocenters. The number of carbonyl (C=O) groups excluding carboxylic acids is 2. The maximum atomic E-state index is 12.0. The van der Waals surface area contributed by atoms with Crippen LogP contribution in [0.4, 0.5) is 10.5 Å². The van der Waals surface area contributed by atoms with Crippen LogP contribution in [0.25, 0.3) is 0 Å². The van der Waals surface area contributed by atoms with Crippen LogP contribution in [0, 0.1) is 0 Å². The molecule has 27 heavy (non-hydrogen) atoms. The first kappa shape index (κ1) is 20.7. The zero-order valence-electron chi connectivity index (χ0n) is 15.2. The molecular formula is C20H24ClN3O3. The molecule has 0 fully saturated rings. The van der Waals surface area contributed by atoms with Crippen molar-refractivity contribution in [1.29, 1.82) is 0 Å². The van der Waals surface area contributed by atoms with Crippen LogP contribution in [0.3, 0.4) is 0 Å². The van der Waals surface area contributed by atoms with E-state index in [4.69, 9.17) is 22.1 Å². The van der Waals surface area contributed by atoms with Crippen molar-refractivity contribution >= 4 is 29.3 Å². The Morgan fingerprint density at radius 1 is 1.15 bits per heavy atom. The highest BCUT2D eigenvalue weighted by Gasteiger charge is 2.14. The molecule has 7 heteroatoms. The number of hydrogen-bond donors (Lipinski definition) is 3. The monoisotopic (exact) mass is 389 g/mol. The average Bonchev–Trinajstić information content (AvgIpc) is 2.67. The number of anilines is 1. The van der Waals surface area contributed by atoms with Gasteiger partial charge in [-0.1, -0.05) is 48.9 Å². The van der Waals surface area contributed by atoms with Crippen LogP contribution < -0.4 is 16.4 Å². The van der Waals surface area contributed by atoms with E-state index in [1.807, 2.05) is 42.5 Å². The predicted octanol–water partition coefficient (Wildman–Crippen LogP) is 3.48. The van der Waals surface area contributed by atoms with E-state index in [1.165, 1.54) is 5.56 Å². The number of carbonyl (C=O) groups is 2. The van der Waals surface area contributed by atoms with E-state index in [0.717, 1.165) is 12.0 Å². The number of benzene rings is 2. The summed E-state index contributed by atoms with van der Waals surface area (Å²) in [5.41, 5.74) is 8.48. The summed E-state index contributed by atoms with van der Waals surface area (Å²) < 4.78 is 5.07. The summed E-state index contributed by atoms with van der Waals surface area (Å²) in [4.78, 5) is 23.8. The fraction of sp³-hybridized carbons (Fsp3) is 0.300. The van der Waals surface area contributed by atoms with E-state index in [-0.39, 0.29) is 18.9 Å². The Labute approximate surface area is 164 Å². The van der Waals surface area contributed by atoms with Crippen LogP contribution in [0.2, 0.25) is 5.02 Å². The SMILES string of the molecule is CCc1ccc(NC(=O)OCCC(N)C(=O)NCc2ccccc2Cl)cc1. The third kappa shape index (κ3) is 6.92. The number of halogens is 1. The van der Waals surface area contributed by atoms with Crippen LogP contribution >= 0.6 is 11.6 Å². The van der Waals surface area contributed by atoms with Crippen LogP contribution in [0.15, 0.2) is 48.5 Å². The molecule has 0 radical (unpaired) electrons. The van der Waals surface area contributed by atoms with Gasteiger partial charge in [0, 0.05) is 23.7 Å². The standard InChI is InChI=1S/C20H24ClN3O3/c1-2-14-7-9-16(10-8-14)24-20(26)27-12-11-18(22)19(25)23-13-15-5-3-4-6-17(15)21/h3-10,18H,2,11-13,22H2,1H3,(H,23,25)(H,24,26). The van der Waals surface area contributed by atoms with Gasteiger partial charge in [-0.2, -0.15) is 0 Å². The number of rotatable bonds is 8. The first-order valence-corrected chi connectivity index (χ1v) is 9.16. The van der Waals surface area contributed by atoms with Crippen LogP contribution in [0.1, 0.15) is 24.5 Å². The molecule has 0 aliphatic carbocycles. The van der Waals surface area contributed by atoms with Gasteiger partial charge in [0.25, 0.3) is 0 Å².